The summed E-state index contributed by atoms with van der Waals surface area (Å²) in [6, 6.07) is 9.90. The maximum atomic E-state index is 12.2. The van der Waals surface area contributed by atoms with Crippen LogP contribution in [-0.2, 0) is 11.8 Å². The van der Waals surface area contributed by atoms with Crippen molar-refractivity contribution in [3.05, 3.63) is 64.9 Å². The number of aromatic nitrogens is 1. The molecule has 1 amide bonds. The topological polar surface area (TPSA) is 59.3 Å². The van der Waals surface area contributed by atoms with Crippen molar-refractivity contribution in [2.24, 2.45) is 7.05 Å². The number of aryl methyl sites for hydroxylation is 1. The summed E-state index contributed by atoms with van der Waals surface area (Å²) >= 11 is 5.79. The van der Waals surface area contributed by atoms with Gasteiger partial charge in [-0.2, -0.15) is 0 Å². The van der Waals surface area contributed by atoms with Crippen molar-refractivity contribution in [1.82, 2.24) is 5.32 Å². The lowest BCUT2D eigenvalue weighted by atomic mass is 10.1. The molecule has 2 aromatic rings. The first-order chi connectivity index (χ1) is 11.3. The normalized spacial score (nSPS) is 10.6. The second-order valence-corrected chi connectivity index (χ2v) is 6.61. The van der Waals surface area contributed by atoms with Crippen molar-refractivity contribution in [1.29, 1.82) is 0 Å². The zero-order chi connectivity index (χ0) is 17.7. The van der Waals surface area contributed by atoms with Crippen LogP contribution in [0.1, 0.15) is 34.6 Å². The highest BCUT2D eigenvalue weighted by Crippen LogP contribution is 2.12. The first-order valence-electron chi connectivity index (χ1n) is 7.47. The van der Waals surface area contributed by atoms with Gasteiger partial charge in [-0.15, -0.1) is 0 Å². The minimum atomic E-state index is -0.697. The Morgan fingerprint density at radius 3 is 2.20 bits per heavy atom. The second-order valence-electron chi connectivity index (χ2n) is 6.17. The fourth-order valence-corrected chi connectivity index (χ4v) is 2.11. The molecular formula is C18H20ClIN2O3. The monoisotopic (exact) mass is 474 g/mol. The minimum absolute atomic E-state index is 0. The Morgan fingerprint density at radius 1 is 1.08 bits per heavy atom. The Hall–Kier alpha value is -1.67. The molecule has 0 bridgehead atoms. The number of nitrogens with one attached hydrogen (secondary N) is 1. The highest BCUT2D eigenvalue weighted by atomic mass is 127. The van der Waals surface area contributed by atoms with Crippen molar-refractivity contribution in [2.75, 3.05) is 6.61 Å². The van der Waals surface area contributed by atoms with E-state index in [0.29, 0.717) is 16.1 Å². The SMILES string of the molecule is C[n+]1ccc(C(=O)NC(C)(C)COC(=O)c2ccc(Cl)cc2)cc1.[I-]. The number of ether oxygens (including phenoxy) is 1. The molecule has 0 unspecified atom stereocenters. The van der Waals surface area contributed by atoms with Crippen molar-refractivity contribution < 1.29 is 42.9 Å². The summed E-state index contributed by atoms with van der Waals surface area (Å²) in [5.41, 5.74) is 0.263. The van der Waals surface area contributed by atoms with Gasteiger partial charge in [-0.1, -0.05) is 11.6 Å². The van der Waals surface area contributed by atoms with Gasteiger partial charge in [0.05, 0.1) is 16.7 Å². The van der Waals surface area contributed by atoms with Crippen LogP contribution in [0, 0.1) is 0 Å². The molecule has 0 saturated heterocycles. The van der Waals surface area contributed by atoms with Crippen LogP contribution in [0.25, 0.3) is 0 Å². The number of hydrogen-bond acceptors (Lipinski definition) is 3. The van der Waals surface area contributed by atoms with Gasteiger partial charge in [0.25, 0.3) is 5.91 Å². The predicted octanol–water partition coefficient (Wildman–Crippen LogP) is -0.466. The van der Waals surface area contributed by atoms with Crippen LogP contribution < -0.4 is 33.9 Å². The molecule has 134 valence electrons. The van der Waals surface area contributed by atoms with E-state index in [1.807, 2.05) is 11.6 Å². The molecule has 0 spiro atoms. The minimum Gasteiger partial charge on any atom is -1.00 e. The number of amides is 1. The van der Waals surface area contributed by atoms with Gasteiger partial charge in [0.15, 0.2) is 12.4 Å². The van der Waals surface area contributed by atoms with Crippen LogP contribution >= 0.6 is 11.6 Å². The average Bonchev–Trinajstić information content (AvgIpc) is 2.53. The Labute approximate surface area is 169 Å². The molecule has 25 heavy (non-hydrogen) atoms. The van der Waals surface area contributed by atoms with Gasteiger partial charge in [0.2, 0.25) is 0 Å². The summed E-state index contributed by atoms with van der Waals surface area (Å²) in [5, 5.41) is 3.41. The summed E-state index contributed by atoms with van der Waals surface area (Å²) in [6.45, 7) is 3.65. The molecular weight excluding hydrogens is 455 g/mol. The quantitative estimate of drug-likeness (QED) is 0.362. The third-order valence-electron chi connectivity index (χ3n) is 3.34. The lowest BCUT2D eigenvalue weighted by molar-refractivity contribution is -0.671. The fraction of sp³-hybridized carbons (Fsp3) is 0.278. The molecule has 7 heteroatoms. The van der Waals surface area contributed by atoms with Crippen LogP contribution in [-0.4, -0.2) is 24.0 Å². The standard InChI is InChI=1S/C18H19ClN2O3.HI/c1-18(2,20-16(22)13-8-10-21(3)11-9-13)12-24-17(23)14-4-6-15(19)7-5-14;/h4-11H,12H2,1-3H3;1H. The van der Waals surface area contributed by atoms with Gasteiger partial charge in [-0.05, 0) is 38.1 Å². The van der Waals surface area contributed by atoms with Crippen molar-refractivity contribution >= 4 is 23.5 Å². The molecule has 1 N–H and O–H groups in total. The first kappa shape index (κ1) is 21.4. The average molecular weight is 475 g/mol. The zero-order valence-electron chi connectivity index (χ0n) is 14.3. The molecule has 0 aliphatic heterocycles. The third kappa shape index (κ3) is 6.62. The van der Waals surface area contributed by atoms with Gasteiger partial charge < -0.3 is 34.0 Å². The highest BCUT2D eigenvalue weighted by molar-refractivity contribution is 6.30. The largest absolute Gasteiger partial charge is 1.00 e. The summed E-state index contributed by atoms with van der Waals surface area (Å²) in [5.74, 6) is -0.677. The second kappa shape index (κ2) is 9.15. The number of hydrogen-bond donors (Lipinski definition) is 1. The van der Waals surface area contributed by atoms with E-state index in [0.717, 1.165) is 0 Å². The van der Waals surface area contributed by atoms with Gasteiger partial charge in [-0.25, -0.2) is 9.36 Å². The number of benzene rings is 1. The zero-order valence-corrected chi connectivity index (χ0v) is 17.2. The molecule has 1 heterocycles. The Morgan fingerprint density at radius 2 is 1.64 bits per heavy atom. The number of esters is 1. The summed E-state index contributed by atoms with van der Waals surface area (Å²) in [6.07, 6.45) is 3.59. The van der Waals surface area contributed by atoms with Crippen LogP contribution in [0.15, 0.2) is 48.8 Å². The smallest absolute Gasteiger partial charge is 0.338 e. The highest BCUT2D eigenvalue weighted by Gasteiger charge is 2.24. The number of carbonyl (C=O) groups is 2. The van der Waals surface area contributed by atoms with Gasteiger partial charge in [0.1, 0.15) is 13.7 Å². The van der Waals surface area contributed by atoms with E-state index in [1.54, 1.807) is 62.6 Å². The van der Waals surface area contributed by atoms with Crippen molar-refractivity contribution in [2.45, 2.75) is 19.4 Å². The number of pyridine rings is 1. The first-order valence-corrected chi connectivity index (χ1v) is 7.85. The van der Waals surface area contributed by atoms with Crippen molar-refractivity contribution in [3.8, 4) is 0 Å². The molecule has 0 aliphatic rings. The molecule has 0 fully saturated rings. The molecule has 1 aromatic carbocycles. The van der Waals surface area contributed by atoms with E-state index in [1.165, 1.54) is 0 Å². The lowest BCUT2D eigenvalue weighted by Crippen LogP contribution is -3.00. The third-order valence-corrected chi connectivity index (χ3v) is 3.59. The lowest BCUT2D eigenvalue weighted by Gasteiger charge is -2.25. The number of carbonyl (C=O) groups excluding carboxylic acids is 2. The summed E-state index contributed by atoms with van der Waals surface area (Å²) < 4.78 is 7.13. The van der Waals surface area contributed by atoms with E-state index >= 15 is 0 Å². The Bertz CT molecular complexity index is 731. The van der Waals surface area contributed by atoms with E-state index in [2.05, 4.69) is 5.32 Å². The van der Waals surface area contributed by atoms with E-state index in [-0.39, 0.29) is 36.5 Å². The molecule has 0 atom stereocenters. The van der Waals surface area contributed by atoms with E-state index < -0.39 is 11.5 Å². The van der Waals surface area contributed by atoms with Crippen LogP contribution in [0.5, 0.6) is 0 Å². The molecule has 0 radical (unpaired) electrons. The maximum Gasteiger partial charge on any atom is 0.338 e. The number of rotatable bonds is 5. The maximum absolute atomic E-state index is 12.2. The number of halogens is 2. The Balaban J connectivity index is 0.00000312. The van der Waals surface area contributed by atoms with Crippen LogP contribution in [0.3, 0.4) is 0 Å². The summed E-state index contributed by atoms with van der Waals surface area (Å²) in [4.78, 5) is 24.3. The van der Waals surface area contributed by atoms with Gasteiger partial charge in [-0.3, -0.25) is 4.79 Å². The van der Waals surface area contributed by atoms with E-state index in [4.69, 9.17) is 16.3 Å². The summed E-state index contributed by atoms with van der Waals surface area (Å²) in [7, 11) is 1.88. The molecule has 5 nitrogen and oxygen atoms in total. The molecule has 0 aliphatic carbocycles. The Kier molecular flexibility index (Phi) is 7.82. The molecule has 1 aromatic heterocycles. The predicted molar refractivity (Wildman–Crippen MR) is 90.9 cm³/mol. The molecule has 2 rings (SSSR count). The van der Waals surface area contributed by atoms with E-state index in [9.17, 15) is 9.59 Å². The van der Waals surface area contributed by atoms with Crippen LogP contribution in [0.4, 0.5) is 0 Å². The molecule has 0 saturated carbocycles. The van der Waals surface area contributed by atoms with Crippen LogP contribution in [0.2, 0.25) is 5.02 Å². The van der Waals surface area contributed by atoms with Gasteiger partial charge in [0, 0.05) is 17.2 Å². The van der Waals surface area contributed by atoms with Gasteiger partial charge >= 0.3 is 5.97 Å². The number of nitrogens with zero attached hydrogens (tertiary/aromatic N) is 1. The van der Waals surface area contributed by atoms with Crippen molar-refractivity contribution in [3.63, 3.8) is 0 Å². The fourth-order valence-electron chi connectivity index (χ4n) is 1.98.